The molecule has 0 amide bonds. The van der Waals surface area contributed by atoms with E-state index in [-0.39, 0.29) is 34.8 Å². The molecule has 3 atom stereocenters. The number of benzene rings is 2. The lowest BCUT2D eigenvalue weighted by atomic mass is 9.73. The maximum Gasteiger partial charge on any atom is 0.423 e. The monoisotopic (exact) mass is 688 g/mol. The maximum absolute atomic E-state index is 13.6. The van der Waals surface area contributed by atoms with Crippen LogP contribution in [0, 0.1) is 17.8 Å². The number of esters is 2. The van der Waals surface area contributed by atoms with Gasteiger partial charge >= 0.3 is 11.9 Å². The Bertz CT molecular complexity index is 1470. The Morgan fingerprint density at radius 2 is 1.38 bits per heavy atom. The van der Waals surface area contributed by atoms with Crippen LogP contribution in [0.15, 0.2) is 48.1 Å². The summed E-state index contributed by atoms with van der Waals surface area (Å²) in [5, 5.41) is 22.6. The minimum Gasteiger partial charge on any atom is -0.508 e. The maximum atomic E-state index is 13.6. The number of allylic oxidation sites excluding steroid dienone is 3. The number of hydrogen-bond donors (Lipinski definition) is 2. The number of phenols is 2. The first-order valence-corrected chi connectivity index (χ1v) is 19.3. The molecule has 0 fully saturated rings. The summed E-state index contributed by atoms with van der Waals surface area (Å²) in [6, 6.07) is 7.10. The summed E-state index contributed by atoms with van der Waals surface area (Å²) in [5.41, 5.74) is 4.90. The molecule has 0 aromatic heterocycles. The SMILES string of the molecule is C=C(C)[C@@H]1CCC(C)=C[C@H]1c1c(O)cc(CCCCC)cc1OC(=O)C(=O)Oc1cc(CCCCC)cc(O)c1CC[C@@H](C)CCCC(C)C. The summed E-state index contributed by atoms with van der Waals surface area (Å²) in [6.45, 7) is 19.2. The Morgan fingerprint density at radius 1 is 0.800 bits per heavy atom. The molecule has 2 aromatic rings. The van der Waals surface area contributed by atoms with Gasteiger partial charge in [-0.05, 0) is 118 Å². The lowest BCUT2D eigenvalue weighted by Crippen LogP contribution is -2.27. The first kappa shape index (κ1) is 40.9. The van der Waals surface area contributed by atoms with Gasteiger partial charge in [0.2, 0.25) is 0 Å². The van der Waals surface area contributed by atoms with E-state index in [0.29, 0.717) is 35.8 Å². The number of aryl methyl sites for hydroxylation is 2. The summed E-state index contributed by atoms with van der Waals surface area (Å²) >= 11 is 0. The van der Waals surface area contributed by atoms with Gasteiger partial charge in [0.05, 0.1) is 0 Å². The van der Waals surface area contributed by atoms with Crippen molar-refractivity contribution in [2.75, 3.05) is 0 Å². The van der Waals surface area contributed by atoms with Gasteiger partial charge < -0.3 is 19.7 Å². The van der Waals surface area contributed by atoms with Crippen LogP contribution < -0.4 is 9.47 Å². The summed E-state index contributed by atoms with van der Waals surface area (Å²) in [4.78, 5) is 27.1. The van der Waals surface area contributed by atoms with Gasteiger partial charge in [-0.2, -0.15) is 0 Å². The zero-order chi connectivity index (χ0) is 36.8. The minimum absolute atomic E-state index is 0.0480. The zero-order valence-electron chi connectivity index (χ0n) is 32.0. The third kappa shape index (κ3) is 12.3. The Kier molecular flexibility index (Phi) is 16.6. The predicted molar refractivity (Wildman–Crippen MR) is 204 cm³/mol. The summed E-state index contributed by atoms with van der Waals surface area (Å²) in [6.07, 6.45) is 16.2. The minimum atomic E-state index is -1.16. The molecular formula is C44H64O6. The summed E-state index contributed by atoms with van der Waals surface area (Å²) < 4.78 is 11.7. The van der Waals surface area contributed by atoms with E-state index in [0.717, 1.165) is 93.7 Å². The van der Waals surface area contributed by atoms with E-state index in [1.165, 1.54) is 12.0 Å². The molecule has 6 heteroatoms. The van der Waals surface area contributed by atoms with Gasteiger partial charge in [0.1, 0.15) is 23.0 Å². The van der Waals surface area contributed by atoms with E-state index in [4.69, 9.17) is 9.47 Å². The van der Waals surface area contributed by atoms with Crippen molar-refractivity contribution in [1.29, 1.82) is 0 Å². The van der Waals surface area contributed by atoms with E-state index < -0.39 is 11.9 Å². The van der Waals surface area contributed by atoms with E-state index in [2.05, 4.69) is 54.2 Å². The predicted octanol–water partition coefficient (Wildman–Crippen LogP) is 11.5. The molecule has 0 unspecified atom stereocenters. The fourth-order valence-electron chi connectivity index (χ4n) is 7.16. The first-order valence-electron chi connectivity index (χ1n) is 19.3. The lowest BCUT2D eigenvalue weighted by molar-refractivity contribution is -0.156. The molecule has 2 aromatic carbocycles. The van der Waals surface area contributed by atoms with Crippen LogP contribution in [0.2, 0.25) is 0 Å². The van der Waals surface area contributed by atoms with Gasteiger partial charge in [0.15, 0.2) is 0 Å². The second-order valence-corrected chi connectivity index (χ2v) is 15.3. The van der Waals surface area contributed by atoms with Crippen LogP contribution in [0.5, 0.6) is 23.0 Å². The summed E-state index contributed by atoms with van der Waals surface area (Å²) in [5.74, 6) is -0.917. The third-order valence-corrected chi connectivity index (χ3v) is 10.2. The quantitative estimate of drug-likeness (QED) is 0.0502. The highest BCUT2D eigenvalue weighted by Gasteiger charge is 2.33. The van der Waals surface area contributed by atoms with Crippen LogP contribution >= 0.6 is 0 Å². The molecule has 0 heterocycles. The van der Waals surface area contributed by atoms with Gasteiger partial charge in [-0.25, -0.2) is 9.59 Å². The Balaban J connectivity index is 1.93. The van der Waals surface area contributed by atoms with Gasteiger partial charge in [-0.1, -0.05) is 103 Å². The van der Waals surface area contributed by atoms with E-state index in [1.807, 2.05) is 6.92 Å². The van der Waals surface area contributed by atoms with Gasteiger partial charge in [-0.15, -0.1) is 0 Å². The molecule has 0 aliphatic heterocycles. The number of hydrogen-bond acceptors (Lipinski definition) is 6. The van der Waals surface area contributed by atoms with Crippen LogP contribution in [-0.2, 0) is 28.9 Å². The highest BCUT2D eigenvalue weighted by Crippen LogP contribution is 2.47. The van der Waals surface area contributed by atoms with Crippen molar-refractivity contribution >= 4 is 11.9 Å². The van der Waals surface area contributed by atoms with Crippen molar-refractivity contribution in [2.24, 2.45) is 17.8 Å². The Hall–Kier alpha value is -3.54. The standard InChI is InChI=1S/C44H64O6/c1-9-11-13-18-33-25-38(45)36(23-20-31(7)17-15-16-29(3)4)40(27-33)49-43(47)44(48)50-41-28-34(19-14-12-10-2)26-39(46)42(41)37-24-32(8)21-22-35(37)30(5)6/h24-29,31,35,37,45-46H,5,9-23H2,1-4,6-8H3/t31-,35-,37+/m0/s1. The van der Waals surface area contributed by atoms with Crippen molar-refractivity contribution in [2.45, 2.75) is 151 Å². The molecule has 0 radical (unpaired) electrons. The number of carbonyl (C=O) groups excluding carboxylic acids is 2. The number of unbranched alkanes of at least 4 members (excludes halogenated alkanes) is 4. The molecule has 6 nitrogen and oxygen atoms in total. The normalized spacial score (nSPS) is 16.6. The largest absolute Gasteiger partial charge is 0.508 e. The Labute approximate surface area is 302 Å². The second kappa shape index (κ2) is 20.3. The average molecular weight is 689 g/mol. The molecule has 276 valence electrons. The van der Waals surface area contributed by atoms with Crippen molar-refractivity contribution < 1.29 is 29.3 Å². The molecule has 50 heavy (non-hydrogen) atoms. The first-order chi connectivity index (χ1) is 23.8. The number of ether oxygens (including phenoxy) is 2. The molecule has 0 saturated heterocycles. The number of aromatic hydroxyl groups is 2. The van der Waals surface area contributed by atoms with Crippen LogP contribution in [0.1, 0.15) is 154 Å². The van der Waals surface area contributed by atoms with Crippen LogP contribution in [0.25, 0.3) is 0 Å². The van der Waals surface area contributed by atoms with Crippen LogP contribution in [0.4, 0.5) is 0 Å². The van der Waals surface area contributed by atoms with Gasteiger partial charge in [0, 0.05) is 17.0 Å². The third-order valence-electron chi connectivity index (χ3n) is 10.2. The van der Waals surface area contributed by atoms with Gasteiger partial charge in [-0.3, -0.25) is 0 Å². The lowest BCUT2D eigenvalue weighted by Gasteiger charge is -2.32. The van der Waals surface area contributed by atoms with E-state index >= 15 is 0 Å². The average Bonchev–Trinajstić information content (AvgIpc) is 3.04. The highest BCUT2D eigenvalue weighted by molar-refractivity contribution is 6.31. The molecular weight excluding hydrogens is 624 g/mol. The number of rotatable bonds is 19. The van der Waals surface area contributed by atoms with Crippen LogP contribution in [0.3, 0.4) is 0 Å². The molecule has 3 rings (SSSR count). The van der Waals surface area contributed by atoms with Crippen molar-refractivity contribution in [3.8, 4) is 23.0 Å². The fraction of sp³-hybridized carbons (Fsp3) is 0.591. The number of phenolic OH excluding ortho intramolecular Hbond substituents is 2. The number of carbonyl (C=O) groups is 2. The fourth-order valence-corrected chi connectivity index (χ4v) is 7.16. The zero-order valence-corrected chi connectivity index (χ0v) is 32.0. The van der Waals surface area contributed by atoms with Gasteiger partial charge in [0.25, 0.3) is 0 Å². The molecule has 0 spiro atoms. The molecule has 1 aliphatic rings. The topological polar surface area (TPSA) is 93.1 Å². The summed E-state index contributed by atoms with van der Waals surface area (Å²) in [7, 11) is 0. The van der Waals surface area contributed by atoms with E-state index in [1.54, 1.807) is 24.3 Å². The smallest absolute Gasteiger partial charge is 0.423 e. The molecule has 2 N–H and O–H groups in total. The van der Waals surface area contributed by atoms with Crippen molar-refractivity contribution in [3.05, 3.63) is 70.3 Å². The van der Waals surface area contributed by atoms with Crippen molar-refractivity contribution in [1.82, 2.24) is 0 Å². The van der Waals surface area contributed by atoms with Crippen LogP contribution in [-0.4, -0.2) is 22.2 Å². The molecule has 0 bridgehead atoms. The second-order valence-electron chi connectivity index (χ2n) is 15.3. The highest BCUT2D eigenvalue weighted by atomic mass is 16.6. The molecule has 1 aliphatic carbocycles. The Morgan fingerprint density at radius 3 is 1.96 bits per heavy atom. The molecule has 0 saturated carbocycles. The van der Waals surface area contributed by atoms with Crippen molar-refractivity contribution in [3.63, 3.8) is 0 Å². The van der Waals surface area contributed by atoms with E-state index in [9.17, 15) is 19.8 Å².